The van der Waals surface area contributed by atoms with Gasteiger partial charge in [-0.25, -0.2) is 9.86 Å². The number of hydrogen-bond acceptors (Lipinski definition) is 4. The van der Waals surface area contributed by atoms with E-state index in [4.69, 9.17) is 4.84 Å². The van der Waals surface area contributed by atoms with Crippen LogP contribution in [0.5, 0.6) is 0 Å². The summed E-state index contributed by atoms with van der Waals surface area (Å²) >= 11 is 0. The number of hydroxylamine groups is 2. The fraction of sp³-hybridized carbons (Fsp3) is 0.831. The van der Waals surface area contributed by atoms with Crippen LogP contribution in [0.4, 0.5) is 0 Å². The first-order valence-electron chi connectivity index (χ1n) is 40.8. The molecule has 0 fully saturated rings. The van der Waals surface area contributed by atoms with E-state index in [0.29, 0.717) is 5.56 Å². The van der Waals surface area contributed by atoms with Crippen LogP contribution >= 0.6 is 71.9 Å². The van der Waals surface area contributed by atoms with Crippen LogP contribution in [0.15, 0.2) is 0 Å². The summed E-state index contributed by atoms with van der Waals surface area (Å²) < 4.78 is 7.90. The number of nitrogens with zero attached hydrogens (tertiary/aromatic N) is 5. The maximum Gasteiger partial charge on any atom is 0.337 e. The lowest BCUT2D eigenvalue weighted by molar-refractivity contribution is -0.0759. The zero-order valence-electron chi connectivity index (χ0n) is 74.6. The van der Waals surface area contributed by atoms with Gasteiger partial charge in [0.2, 0.25) is 0 Å². The van der Waals surface area contributed by atoms with Crippen molar-refractivity contribution in [2.75, 3.05) is 28.3 Å². The van der Waals surface area contributed by atoms with Gasteiger partial charge in [-0.15, -0.1) is 71.9 Å². The summed E-state index contributed by atoms with van der Waals surface area (Å²) in [6.45, 7) is 83.1. The molecule has 10 nitrogen and oxygen atoms in total. The Kier molecular flexibility index (Phi) is 41.9. The molecule has 0 aliphatic carbocycles. The van der Waals surface area contributed by atoms with Crippen LogP contribution in [0.2, 0.25) is 0 Å². The number of aromatic nitrogens is 3. The number of hydrogen-bond donors (Lipinski definition) is 1. The Bertz CT molecular complexity index is 2910. The third-order valence-corrected chi connectivity index (χ3v) is 29.2. The molecule has 3 heterocycles. The molecule has 3 aromatic rings. The molecule has 0 saturated carbocycles. The molecule has 0 spiro atoms. The fourth-order valence-electron chi connectivity index (χ4n) is 16.2. The maximum atomic E-state index is 14.3. The van der Waals surface area contributed by atoms with Crippen molar-refractivity contribution in [3.63, 3.8) is 0 Å². The number of carboxylic acid groups (broad SMARTS) is 1. The minimum atomic E-state index is -0.750. The van der Waals surface area contributed by atoms with E-state index in [9.17, 15) is 19.5 Å². The van der Waals surface area contributed by atoms with Gasteiger partial charge in [0.05, 0.1) is 23.8 Å². The Labute approximate surface area is 683 Å². The monoisotopic (exact) mass is 1770 g/mol. The lowest BCUT2D eigenvalue weighted by Crippen LogP contribution is -2.40. The lowest BCUT2D eigenvalue weighted by atomic mass is 9.68. The van der Waals surface area contributed by atoms with Crippen LogP contribution in [-0.2, 0) is 70.2 Å². The Morgan fingerprint density at radius 1 is 0.294 bits per heavy atom. The third-order valence-electron chi connectivity index (χ3n) is 29.2. The second kappa shape index (κ2) is 40.9. The maximum absolute atomic E-state index is 14.3. The molecule has 3 aromatic heterocycles. The number of amides is 2. The highest BCUT2D eigenvalue weighted by Gasteiger charge is 2.52. The number of carboxylic acids is 1. The summed E-state index contributed by atoms with van der Waals surface area (Å²) in [4.78, 5) is 48.9. The van der Waals surface area contributed by atoms with Gasteiger partial charge in [0.25, 0.3) is 11.8 Å². The number of carbonyl (C=O) groups is 3. The van der Waals surface area contributed by atoms with Crippen molar-refractivity contribution >= 4 is 89.7 Å². The molecule has 0 aliphatic heterocycles. The van der Waals surface area contributed by atoms with E-state index in [1.807, 2.05) is 14.1 Å². The second-order valence-corrected chi connectivity index (χ2v) is 34.8. The van der Waals surface area contributed by atoms with Gasteiger partial charge in [0.15, 0.2) is 0 Å². The number of rotatable bonds is 37. The Morgan fingerprint density at radius 3 is 0.667 bits per heavy atom. The van der Waals surface area contributed by atoms with E-state index in [-0.39, 0.29) is 149 Å². The van der Waals surface area contributed by atoms with Crippen molar-refractivity contribution in [1.29, 1.82) is 0 Å². The van der Waals surface area contributed by atoms with Crippen molar-refractivity contribution in [3.05, 3.63) is 67.5 Å². The number of halogens is 3. The van der Waals surface area contributed by atoms with E-state index < -0.39 is 5.97 Å². The van der Waals surface area contributed by atoms with Crippen molar-refractivity contribution in [2.24, 2.45) is 0 Å². The van der Waals surface area contributed by atoms with Gasteiger partial charge in [-0.3, -0.25) is 14.4 Å². The van der Waals surface area contributed by atoms with Crippen LogP contribution in [0.1, 0.15) is 472 Å². The molecule has 13 heteroatoms. The number of aromatic carboxylic acids is 1. The minimum Gasteiger partial charge on any atom is -0.478 e. The Morgan fingerprint density at radius 2 is 0.480 bits per heavy atom. The van der Waals surface area contributed by atoms with Crippen molar-refractivity contribution in [1.82, 2.24) is 23.7 Å². The molecule has 1 N–H and O–H groups in total. The molecule has 600 valence electrons. The van der Waals surface area contributed by atoms with Crippen molar-refractivity contribution in [2.45, 2.75) is 456 Å². The average molecular weight is 1770 g/mol. The zero-order chi connectivity index (χ0) is 77.8. The molecule has 102 heavy (non-hydrogen) atoms. The molecule has 0 unspecified atom stereocenters. The molecule has 0 radical (unpaired) electrons. The summed E-state index contributed by atoms with van der Waals surface area (Å²) in [6.07, 6.45) is 22.0. The molecule has 0 bridgehead atoms. The van der Waals surface area contributed by atoms with E-state index in [2.05, 4.69) is 263 Å². The molecule has 0 saturated heterocycles. The SMILES string of the molecule is CCC(C)(CC)c1c(C(=O)N(C)C)c(C(C)(CC)CC)n(C(C)(C)C)c1C(C)(CC)CC.CCC(C)(CC)c1c(C(=O)N(C)OC)c(C(C)(CC)CC)n(C(C)(CC)CC)c1C(C)(CC)CC.CCC(C)(CC)c1c(C(=O)O)c(C(C)(CC)CC)n(C(C)(CC)CC)c1C(C)(CC)CC.I.I.I. The van der Waals surface area contributed by atoms with Gasteiger partial charge in [0, 0.05) is 104 Å². The van der Waals surface area contributed by atoms with Crippen LogP contribution < -0.4 is 0 Å². The van der Waals surface area contributed by atoms with E-state index in [1.54, 1.807) is 19.1 Å². The predicted octanol–water partition coefficient (Wildman–Crippen LogP) is 27.9. The zero-order valence-corrected chi connectivity index (χ0v) is 81.6. The van der Waals surface area contributed by atoms with Gasteiger partial charge in [-0.1, -0.05) is 215 Å². The molecular formula is C89H168I3N5O5. The second-order valence-electron chi connectivity index (χ2n) is 34.8. The average Bonchev–Trinajstić information content (AvgIpc) is 1.56. The largest absolute Gasteiger partial charge is 0.478 e. The smallest absolute Gasteiger partial charge is 0.337 e. The highest BCUT2D eigenvalue weighted by Crippen LogP contribution is 2.56. The summed E-state index contributed by atoms with van der Waals surface area (Å²) in [7, 11) is 7.17. The summed E-state index contributed by atoms with van der Waals surface area (Å²) in [5.41, 5.74) is 12.8. The Balaban J connectivity index is -0.00000142. The number of carbonyl (C=O) groups excluding carboxylic acids is 2. The molecular weight excluding hydrogens is 1600 g/mol. The van der Waals surface area contributed by atoms with E-state index in [0.717, 1.165) is 164 Å². The van der Waals surface area contributed by atoms with Gasteiger partial charge in [-0.2, -0.15) is 0 Å². The van der Waals surface area contributed by atoms with Crippen LogP contribution in [-0.4, -0.2) is 74.8 Å². The summed E-state index contributed by atoms with van der Waals surface area (Å²) in [6, 6.07) is 0. The molecule has 0 aliphatic rings. The van der Waals surface area contributed by atoms with Gasteiger partial charge in [-0.05, 0) is 209 Å². The van der Waals surface area contributed by atoms with E-state index >= 15 is 0 Å². The third kappa shape index (κ3) is 19.6. The lowest BCUT2D eigenvalue weighted by Gasteiger charge is -2.43. The fourth-order valence-corrected chi connectivity index (χ4v) is 16.2. The molecule has 2 amide bonds. The topological polar surface area (TPSA) is 102 Å². The van der Waals surface area contributed by atoms with Crippen LogP contribution in [0.25, 0.3) is 0 Å². The first kappa shape index (κ1) is 105. The molecule has 0 aromatic carbocycles. The Hall–Kier alpha value is -1.60. The minimum absolute atomic E-state index is 0. The first-order chi connectivity index (χ1) is 45.6. The van der Waals surface area contributed by atoms with Crippen molar-refractivity contribution < 1.29 is 24.3 Å². The first-order valence-corrected chi connectivity index (χ1v) is 40.8. The normalized spacial score (nSPS) is 13.1. The van der Waals surface area contributed by atoms with Crippen LogP contribution in [0.3, 0.4) is 0 Å². The predicted molar refractivity (Wildman–Crippen MR) is 478 cm³/mol. The van der Waals surface area contributed by atoms with E-state index in [1.165, 1.54) is 44.7 Å². The summed E-state index contributed by atoms with van der Waals surface area (Å²) in [5.74, 6) is -0.599. The summed E-state index contributed by atoms with van der Waals surface area (Å²) in [5, 5.41) is 12.2. The quantitative estimate of drug-likeness (QED) is 0.0458. The van der Waals surface area contributed by atoms with Gasteiger partial charge in [0.1, 0.15) is 0 Å². The molecule has 3 rings (SSSR count). The van der Waals surface area contributed by atoms with Crippen LogP contribution in [0, 0.1) is 0 Å². The van der Waals surface area contributed by atoms with Gasteiger partial charge < -0.3 is 23.7 Å². The standard InChI is InChI=1S/C31H58N2O2.C29H54N2O.C29H53NO2.3HI/c1-15-28(9,16-2)24-23(27(34)32(13)35-14)25(29(10,17-3)18-4)33(31(12,21-7)22-8)26(24)30(11,19-5)20-6;1-15-27(10,16-2)22-21(25(32)30(13)14)23(28(11,17-3)18-4)31(26(7,8)9)24(22)29(12,19-5)20-6;1-13-26(9,14-2)22-21(25(31)32)23(27(10,15-3)16-4)30(29(12,19-7)20-8)24(22)28(11,17-5)18-6;;;/h15-22H2,1-14H3;15-20H2,1-14H3;13-20H2,1-12H3,(H,31,32);3*1H. The highest BCUT2D eigenvalue weighted by atomic mass is 127. The molecule has 0 atom stereocenters. The highest BCUT2D eigenvalue weighted by molar-refractivity contribution is 14.0. The van der Waals surface area contributed by atoms with Gasteiger partial charge >= 0.3 is 5.97 Å². The van der Waals surface area contributed by atoms with Crippen molar-refractivity contribution in [3.8, 4) is 0 Å².